The van der Waals surface area contributed by atoms with Gasteiger partial charge in [0, 0.05) is 13.7 Å². The normalized spacial score (nSPS) is 34.1. The highest BCUT2D eigenvalue weighted by molar-refractivity contribution is 6.06. The largest absolute Gasteiger partial charge is 0.385 e. The van der Waals surface area contributed by atoms with E-state index in [2.05, 4.69) is 25.8 Å². The smallest absolute Gasteiger partial charge is 0.346 e. The first-order chi connectivity index (χ1) is 9.43. The van der Waals surface area contributed by atoms with Crippen molar-refractivity contribution in [1.29, 1.82) is 0 Å². The summed E-state index contributed by atoms with van der Waals surface area (Å²) in [5.74, 6) is 1.94. The van der Waals surface area contributed by atoms with Crippen molar-refractivity contribution in [1.82, 2.24) is 4.90 Å². The van der Waals surface area contributed by atoms with Gasteiger partial charge in [-0.2, -0.15) is 4.99 Å². The Morgan fingerprint density at radius 1 is 1.50 bits per heavy atom. The molecule has 1 heterocycles. The molecule has 3 unspecified atom stereocenters. The molecule has 0 aromatic rings. The molecule has 114 valence electrons. The van der Waals surface area contributed by atoms with Gasteiger partial charge in [0.1, 0.15) is 11.4 Å². The molecule has 1 aliphatic carbocycles. The van der Waals surface area contributed by atoms with Gasteiger partial charge in [-0.05, 0) is 30.6 Å². The zero-order valence-electron chi connectivity index (χ0n) is 13.1. The molecule has 3 atom stereocenters. The standard InChI is InChI=1S/C15H27N3O2/c1-10(2)12-6-5-11(3)9-15(12)13(16)17-14(19)18(15)7-8-20-4/h10-12H,5-9H2,1-4H3,(H2,16,17,19). The fraction of sp³-hybridized carbons (Fsp3) is 0.867. The Morgan fingerprint density at radius 3 is 2.80 bits per heavy atom. The summed E-state index contributed by atoms with van der Waals surface area (Å²) in [4.78, 5) is 18.2. The molecule has 2 N–H and O–H groups in total. The van der Waals surface area contributed by atoms with Crippen molar-refractivity contribution < 1.29 is 9.53 Å². The summed E-state index contributed by atoms with van der Waals surface area (Å²) in [5, 5.41) is 0. The molecule has 0 bridgehead atoms. The van der Waals surface area contributed by atoms with Crippen LogP contribution in [0, 0.1) is 17.8 Å². The Hall–Kier alpha value is -1.10. The van der Waals surface area contributed by atoms with Gasteiger partial charge >= 0.3 is 6.03 Å². The highest BCUT2D eigenvalue weighted by Gasteiger charge is 2.56. The molecule has 1 spiro atoms. The number of nitrogens with two attached hydrogens (primary N) is 1. The third-order valence-corrected chi connectivity index (χ3v) is 4.94. The Morgan fingerprint density at radius 2 is 2.20 bits per heavy atom. The van der Waals surface area contributed by atoms with Gasteiger partial charge in [-0.1, -0.05) is 27.2 Å². The SMILES string of the molecule is COCCN1C(=O)N=C(N)C12CC(C)CCC2C(C)C. The Kier molecular flexibility index (Phi) is 4.37. The lowest BCUT2D eigenvalue weighted by Crippen LogP contribution is -2.63. The maximum Gasteiger partial charge on any atom is 0.346 e. The second kappa shape index (κ2) is 5.72. The third-order valence-electron chi connectivity index (χ3n) is 4.94. The molecule has 0 aromatic heterocycles. The summed E-state index contributed by atoms with van der Waals surface area (Å²) >= 11 is 0. The van der Waals surface area contributed by atoms with Gasteiger partial charge in [0.2, 0.25) is 0 Å². The van der Waals surface area contributed by atoms with E-state index in [4.69, 9.17) is 10.5 Å². The summed E-state index contributed by atoms with van der Waals surface area (Å²) in [6.45, 7) is 7.76. The average Bonchev–Trinajstić information content (AvgIpc) is 2.59. The van der Waals surface area contributed by atoms with Crippen LogP contribution in [-0.4, -0.2) is 42.6 Å². The molecule has 2 rings (SSSR count). The predicted molar refractivity (Wildman–Crippen MR) is 79.7 cm³/mol. The number of rotatable bonds is 4. The van der Waals surface area contributed by atoms with Crippen LogP contribution in [0.15, 0.2) is 4.99 Å². The monoisotopic (exact) mass is 281 g/mol. The number of nitrogens with zero attached hydrogens (tertiary/aromatic N) is 2. The van der Waals surface area contributed by atoms with Crippen molar-refractivity contribution in [3.8, 4) is 0 Å². The molecule has 5 heteroatoms. The first kappa shape index (κ1) is 15.3. The highest BCUT2D eigenvalue weighted by Crippen LogP contribution is 2.47. The van der Waals surface area contributed by atoms with Crippen LogP contribution in [0.25, 0.3) is 0 Å². The van der Waals surface area contributed by atoms with E-state index in [-0.39, 0.29) is 11.6 Å². The molecule has 2 amide bonds. The lowest BCUT2D eigenvalue weighted by molar-refractivity contribution is 0.0354. The average molecular weight is 281 g/mol. The molecule has 0 aromatic carbocycles. The molecule has 20 heavy (non-hydrogen) atoms. The highest BCUT2D eigenvalue weighted by atomic mass is 16.5. The molecular weight excluding hydrogens is 254 g/mol. The van der Waals surface area contributed by atoms with Gasteiger partial charge in [0.15, 0.2) is 0 Å². The first-order valence-electron chi connectivity index (χ1n) is 7.58. The molecule has 1 aliphatic heterocycles. The van der Waals surface area contributed by atoms with Crippen LogP contribution in [0.1, 0.15) is 40.0 Å². The van der Waals surface area contributed by atoms with Crippen LogP contribution in [0.4, 0.5) is 4.79 Å². The minimum absolute atomic E-state index is 0.195. The van der Waals surface area contributed by atoms with E-state index in [0.29, 0.717) is 36.7 Å². The van der Waals surface area contributed by atoms with Crippen LogP contribution < -0.4 is 5.73 Å². The summed E-state index contributed by atoms with van der Waals surface area (Å²) in [7, 11) is 1.65. The zero-order chi connectivity index (χ0) is 14.9. The maximum absolute atomic E-state index is 12.2. The number of methoxy groups -OCH3 is 1. The molecular formula is C15H27N3O2. The molecule has 2 aliphatic rings. The summed E-state index contributed by atoms with van der Waals surface area (Å²) < 4.78 is 5.16. The van der Waals surface area contributed by atoms with E-state index < -0.39 is 0 Å². The van der Waals surface area contributed by atoms with Crippen LogP contribution in [-0.2, 0) is 4.74 Å². The van der Waals surface area contributed by atoms with Gasteiger partial charge < -0.3 is 15.4 Å². The maximum atomic E-state index is 12.2. The van der Waals surface area contributed by atoms with Crippen LogP contribution >= 0.6 is 0 Å². The fourth-order valence-corrected chi connectivity index (χ4v) is 4.02. The van der Waals surface area contributed by atoms with E-state index in [1.807, 2.05) is 4.90 Å². The lowest BCUT2D eigenvalue weighted by Gasteiger charge is -2.50. The Labute approximate surface area is 121 Å². The molecule has 1 fully saturated rings. The second-order valence-corrected chi connectivity index (χ2v) is 6.59. The van der Waals surface area contributed by atoms with Gasteiger partial charge in [-0.3, -0.25) is 0 Å². The van der Waals surface area contributed by atoms with Crippen molar-refractivity contribution in [2.24, 2.45) is 28.5 Å². The quantitative estimate of drug-likeness (QED) is 0.859. The summed E-state index contributed by atoms with van der Waals surface area (Å²) in [6.07, 6.45) is 3.22. The van der Waals surface area contributed by atoms with E-state index in [1.165, 1.54) is 6.42 Å². The number of urea groups is 1. The molecule has 0 saturated heterocycles. The third kappa shape index (κ3) is 2.32. The van der Waals surface area contributed by atoms with E-state index in [0.717, 1.165) is 12.8 Å². The molecule has 1 saturated carbocycles. The Balaban J connectivity index is 2.38. The second-order valence-electron chi connectivity index (χ2n) is 6.59. The zero-order valence-corrected chi connectivity index (χ0v) is 13.1. The number of carbonyl (C=O) groups is 1. The minimum Gasteiger partial charge on any atom is -0.385 e. The van der Waals surface area contributed by atoms with Gasteiger partial charge in [0.25, 0.3) is 0 Å². The van der Waals surface area contributed by atoms with Crippen molar-refractivity contribution in [2.45, 2.75) is 45.6 Å². The summed E-state index contributed by atoms with van der Waals surface area (Å²) in [6, 6.07) is -0.195. The van der Waals surface area contributed by atoms with Crippen molar-refractivity contribution in [3.63, 3.8) is 0 Å². The number of hydrogen-bond acceptors (Lipinski definition) is 3. The molecule has 0 radical (unpaired) electrons. The van der Waals surface area contributed by atoms with E-state index >= 15 is 0 Å². The number of ether oxygens (including phenoxy) is 1. The minimum atomic E-state index is -0.387. The van der Waals surface area contributed by atoms with Gasteiger partial charge in [-0.25, -0.2) is 4.79 Å². The van der Waals surface area contributed by atoms with Crippen LogP contribution in [0.2, 0.25) is 0 Å². The number of carbonyl (C=O) groups excluding carboxylic acids is 1. The molecule has 5 nitrogen and oxygen atoms in total. The van der Waals surface area contributed by atoms with Crippen molar-refractivity contribution >= 4 is 11.9 Å². The topological polar surface area (TPSA) is 67.9 Å². The number of aliphatic imine (C=N–C) groups is 1. The van der Waals surface area contributed by atoms with E-state index in [9.17, 15) is 4.79 Å². The van der Waals surface area contributed by atoms with E-state index in [1.54, 1.807) is 7.11 Å². The van der Waals surface area contributed by atoms with Crippen molar-refractivity contribution in [2.75, 3.05) is 20.3 Å². The van der Waals surface area contributed by atoms with Crippen LogP contribution in [0.3, 0.4) is 0 Å². The predicted octanol–water partition coefficient (Wildman–Crippen LogP) is 2.26. The Bertz CT molecular complexity index is 408. The van der Waals surface area contributed by atoms with Gasteiger partial charge in [0.05, 0.1) is 6.61 Å². The van der Waals surface area contributed by atoms with Gasteiger partial charge in [-0.15, -0.1) is 0 Å². The lowest BCUT2D eigenvalue weighted by atomic mass is 9.64. The number of amides is 2. The fourth-order valence-electron chi connectivity index (χ4n) is 4.02. The van der Waals surface area contributed by atoms with Crippen molar-refractivity contribution in [3.05, 3.63) is 0 Å². The number of amidine groups is 1. The van der Waals surface area contributed by atoms with Crippen LogP contribution in [0.5, 0.6) is 0 Å². The number of hydrogen-bond donors (Lipinski definition) is 1. The summed E-state index contributed by atoms with van der Waals surface area (Å²) in [5.41, 5.74) is 5.85. The first-order valence-corrected chi connectivity index (χ1v) is 7.58.